The van der Waals surface area contributed by atoms with Crippen LogP contribution >= 0.6 is 0 Å². The van der Waals surface area contributed by atoms with Gasteiger partial charge < -0.3 is 19.7 Å². The van der Waals surface area contributed by atoms with E-state index < -0.39 is 48.4 Å². The number of aliphatic carboxylic acids is 1. The van der Waals surface area contributed by atoms with Crippen LogP contribution in [0.2, 0.25) is 0 Å². The maximum absolute atomic E-state index is 12.8. The number of carbonyl (C=O) groups excluding carboxylic acids is 3. The van der Waals surface area contributed by atoms with Crippen LogP contribution in [0.3, 0.4) is 0 Å². The van der Waals surface area contributed by atoms with Crippen LogP contribution in [-0.4, -0.2) is 45.8 Å². The Labute approximate surface area is 204 Å². The molecule has 0 bridgehead atoms. The van der Waals surface area contributed by atoms with Gasteiger partial charge in [-0.25, -0.2) is 4.79 Å². The van der Waals surface area contributed by atoms with Gasteiger partial charge in [-0.3, -0.25) is 14.4 Å². The Hall–Kier alpha value is -1.96. The van der Waals surface area contributed by atoms with E-state index in [2.05, 4.69) is 18.6 Å². The van der Waals surface area contributed by atoms with Crippen LogP contribution < -0.4 is 0 Å². The van der Waals surface area contributed by atoms with Crippen molar-refractivity contribution in [1.82, 2.24) is 0 Å². The molecule has 0 spiro atoms. The summed E-state index contributed by atoms with van der Waals surface area (Å²) in [4.78, 5) is 46.9. The highest BCUT2D eigenvalue weighted by Crippen LogP contribution is 2.23. The van der Waals surface area contributed by atoms with Crippen LogP contribution in [0, 0.1) is 0 Å². The molecule has 0 aromatic carbocycles. The minimum atomic E-state index is -2.59. The number of esters is 3. The number of unbranched alkanes of at least 4 members (excludes halogenated alkanes) is 11. The van der Waals surface area contributed by atoms with E-state index in [4.69, 9.17) is 9.84 Å². The number of carbonyl (C=O) groups is 4. The van der Waals surface area contributed by atoms with Gasteiger partial charge in [0.05, 0.1) is 12.8 Å². The van der Waals surface area contributed by atoms with E-state index in [0.717, 1.165) is 58.3 Å². The number of hydrogen-bond donors (Lipinski definition) is 2. The molecular weight excluding hydrogens is 440 g/mol. The number of aliphatic hydroxyl groups is 1. The van der Waals surface area contributed by atoms with Crippen LogP contribution in [0.4, 0.5) is 0 Å². The third-order valence-electron chi connectivity index (χ3n) is 5.80. The number of rotatable bonds is 21. The molecule has 0 rings (SSSR count). The largest absolute Gasteiger partial charge is 0.481 e. The molecule has 0 aliphatic rings. The molecular formula is C26H46O8. The SMILES string of the molecule is CCCCCCCCCC(CCCCCCCC)OC(=O)C(O)(CC(=O)O)CC(=O)OC(C)=O. The lowest BCUT2D eigenvalue weighted by atomic mass is 9.95. The smallest absolute Gasteiger partial charge is 0.339 e. The summed E-state index contributed by atoms with van der Waals surface area (Å²) in [5.41, 5.74) is -2.59. The van der Waals surface area contributed by atoms with Gasteiger partial charge in [-0.15, -0.1) is 0 Å². The fourth-order valence-electron chi connectivity index (χ4n) is 3.90. The van der Waals surface area contributed by atoms with Crippen LogP contribution in [0.5, 0.6) is 0 Å². The first-order chi connectivity index (χ1) is 16.1. The van der Waals surface area contributed by atoms with Crippen molar-refractivity contribution in [2.75, 3.05) is 0 Å². The average Bonchev–Trinajstić information content (AvgIpc) is 2.73. The molecule has 0 aromatic heterocycles. The molecule has 2 atom stereocenters. The summed E-state index contributed by atoms with van der Waals surface area (Å²) in [6.07, 6.45) is 13.1. The molecule has 198 valence electrons. The molecule has 2 N–H and O–H groups in total. The van der Waals surface area contributed by atoms with Crippen molar-refractivity contribution in [3.63, 3.8) is 0 Å². The van der Waals surface area contributed by atoms with Crippen LogP contribution in [0.1, 0.15) is 130 Å². The number of carboxylic acids is 1. The molecule has 0 fully saturated rings. The predicted octanol–water partition coefficient (Wildman–Crippen LogP) is 5.48. The molecule has 0 aromatic rings. The minimum Gasteiger partial charge on any atom is -0.481 e. The van der Waals surface area contributed by atoms with E-state index in [1.807, 2.05) is 0 Å². The molecule has 2 unspecified atom stereocenters. The summed E-state index contributed by atoms with van der Waals surface area (Å²) in [5.74, 6) is -4.70. The zero-order valence-electron chi connectivity index (χ0n) is 21.4. The van der Waals surface area contributed by atoms with Gasteiger partial charge in [0.15, 0.2) is 5.60 Å². The van der Waals surface area contributed by atoms with E-state index in [1.54, 1.807) is 0 Å². The second-order valence-electron chi connectivity index (χ2n) is 9.24. The fraction of sp³-hybridized carbons (Fsp3) is 0.846. The summed E-state index contributed by atoms with van der Waals surface area (Å²) in [6, 6.07) is 0. The maximum Gasteiger partial charge on any atom is 0.339 e. The number of carboxylic acid groups (broad SMARTS) is 1. The molecule has 0 radical (unpaired) electrons. The Bertz CT molecular complexity index is 604. The summed E-state index contributed by atoms with van der Waals surface area (Å²) in [5, 5.41) is 19.8. The first-order valence-electron chi connectivity index (χ1n) is 13.0. The van der Waals surface area contributed by atoms with E-state index in [1.165, 1.54) is 32.1 Å². The minimum absolute atomic E-state index is 0.460. The van der Waals surface area contributed by atoms with Gasteiger partial charge in [0, 0.05) is 6.92 Å². The molecule has 0 saturated heterocycles. The van der Waals surface area contributed by atoms with Crippen molar-refractivity contribution in [2.24, 2.45) is 0 Å². The van der Waals surface area contributed by atoms with Gasteiger partial charge in [0.25, 0.3) is 0 Å². The van der Waals surface area contributed by atoms with Crippen molar-refractivity contribution in [1.29, 1.82) is 0 Å². The summed E-state index contributed by atoms with van der Waals surface area (Å²) < 4.78 is 9.93. The maximum atomic E-state index is 12.8. The lowest BCUT2D eigenvalue weighted by Crippen LogP contribution is -2.46. The normalized spacial score (nSPS) is 13.6. The van der Waals surface area contributed by atoms with Crippen molar-refractivity contribution < 1.29 is 38.9 Å². The quantitative estimate of drug-likeness (QED) is 0.124. The summed E-state index contributed by atoms with van der Waals surface area (Å²) >= 11 is 0. The van der Waals surface area contributed by atoms with Gasteiger partial charge >= 0.3 is 23.9 Å². The Morgan fingerprint density at radius 2 is 1.18 bits per heavy atom. The zero-order valence-corrected chi connectivity index (χ0v) is 21.4. The van der Waals surface area contributed by atoms with E-state index >= 15 is 0 Å². The Morgan fingerprint density at radius 1 is 0.735 bits per heavy atom. The molecule has 0 aliphatic carbocycles. The van der Waals surface area contributed by atoms with Crippen molar-refractivity contribution in [3.05, 3.63) is 0 Å². The molecule has 0 saturated carbocycles. The van der Waals surface area contributed by atoms with Gasteiger partial charge in [0.1, 0.15) is 6.10 Å². The highest BCUT2D eigenvalue weighted by Gasteiger charge is 2.44. The van der Waals surface area contributed by atoms with E-state index in [9.17, 15) is 24.3 Å². The Morgan fingerprint density at radius 3 is 1.59 bits per heavy atom. The molecule has 0 aliphatic heterocycles. The highest BCUT2D eigenvalue weighted by molar-refractivity contribution is 5.92. The number of hydrogen-bond acceptors (Lipinski definition) is 7. The molecule has 8 heteroatoms. The first kappa shape index (κ1) is 32.0. The van der Waals surface area contributed by atoms with E-state index in [0.29, 0.717) is 12.8 Å². The topological polar surface area (TPSA) is 127 Å². The van der Waals surface area contributed by atoms with Gasteiger partial charge in [0.2, 0.25) is 0 Å². The van der Waals surface area contributed by atoms with Crippen LogP contribution in [0.15, 0.2) is 0 Å². The van der Waals surface area contributed by atoms with Gasteiger partial charge in [-0.2, -0.15) is 0 Å². The summed E-state index contributed by atoms with van der Waals surface area (Å²) in [6.45, 7) is 5.33. The molecule has 34 heavy (non-hydrogen) atoms. The monoisotopic (exact) mass is 486 g/mol. The van der Waals surface area contributed by atoms with Crippen molar-refractivity contribution >= 4 is 23.9 Å². The second-order valence-corrected chi connectivity index (χ2v) is 9.24. The van der Waals surface area contributed by atoms with Gasteiger partial charge in [-0.1, -0.05) is 84.5 Å². The second kappa shape index (κ2) is 19.4. The Balaban J connectivity index is 5.00. The zero-order chi connectivity index (χ0) is 25.8. The predicted molar refractivity (Wildman–Crippen MR) is 129 cm³/mol. The first-order valence-corrected chi connectivity index (χ1v) is 13.0. The van der Waals surface area contributed by atoms with Crippen molar-refractivity contribution in [2.45, 2.75) is 142 Å². The standard InChI is InChI=1S/C26H46O8/c1-4-6-8-10-12-14-16-18-22(17-15-13-11-9-7-5-2)34-25(31)26(32,19-23(28)29)20-24(30)33-21(3)27/h22,32H,4-20H2,1-3H3,(H,28,29). The lowest BCUT2D eigenvalue weighted by molar-refractivity contribution is -0.182. The van der Waals surface area contributed by atoms with Crippen LogP contribution in [-0.2, 0) is 28.7 Å². The van der Waals surface area contributed by atoms with Gasteiger partial charge in [-0.05, 0) is 25.7 Å². The average molecular weight is 487 g/mol. The third kappa shape index (κ3) is 16.6. The molecule has 0 amide bonds. The van der Waals surface area contributed by atoms with E-state index in [-0.39, 0.29) is 0 Å². The lowest BCUT2D eigenvalue weighted by Gasteiger charge is -2.27. The highest BCUT2D eigenvalue weighted by atomic mass is 16.6. The third-order valence-corrected chi connectivity index (χ3v) is 5.80. The number of ether oxygens (including phenoxy) is 2. The Kier molecular flexibility index (Phi) is 18.2. The molecule has 0 heterocycles. The molecule has 8 nitrogen and oxygen atoms in total. The fourth-order valence-corrected chi connectivity index (χ4v) is 3.90. The van der Waals surface area contributed by atoms with Crippen molar-refractivity contribution in [3.8, 4) is 0 Å². The van der Waals surface area contributed by atoms with Crippen LogP contribution in [0.25, 0.3) is 0 Å². The summed E-state index contributed by atoms with van der Waals surface area (Å²) in [7, 11) is 0.